The van der Waals surface area contributed by atoms with Gasteiger partial charge in [0.1, 0.15) is 0 Å². The van der Waals surface area contributed by atoms with Crippen molar-refractivity contribution in [2.75, 3.05) is 0 Å². The van der Waals surface area contributed by atoms with Crippen molar-refractivity contribution in [3.05, 3.63) is 17.0 Å². The smallest absolute Gasteiger partial charge is 0.0911 e. The molecule has 0 saturated heterocycles. The van der Waals surface area contributed by atoms with Crippen molar-refractivity contribution in [3.63, 3.8) is 0 Å². The lowest BCUT2D eigenvalue weighted by Gasteiger charge is -2.09. The van der Waals surface area contributed by atoms with Gasteiger partial charge in [0.05, 0.1) is 12.3 Å². The molecule has 2 N–H and O–H groups in total. The van der Waals surface area contributed by atoms with E-state index in [0.717, 1.165) is 18.5 Å². The van der Waals surface area contributed by atoms with Crippen molar-refractivity contribution in [2.24, 2.45) is 0 Å². The fraction of sp³-hybridized carbons (Fsp3) is 0.625. The molecule has 0 bridgehead atoms. The number of nitrogens with zero attached hydrogens (tertiary/aromatic N) is 1. The average Bonchev–Trinajstić information content (AvgIpc) is 2.47. The van der Waals surface area contributed by atoms with Crippen LogP contribution in [0.25, 0.3) is 0 Å². The summed E-state index contributed by atoms with van der Waals surface area (Å²) in [6.07, 6.45) is 4.67. The van der Waals surface area contributed by atoms with Crippen molar-refractivity contribution in [1.29, 1.82) is 0 Å². The van der Waals surface area contributed by atoms with E-state index in [0.29, 0.717) is 0 Å². The Balaban J connectivity index is 2.38. The van der Waals surface area contributed by atoms with Crippen molar-refractivity contribution < 1.29 is 5.11 Å². The zero-order valence-corrected chi connectivity index (χ0v) is 6.43. The van der Waals surface area contributed by atoms with E-state index in [1.165, 1.54) is 24.1 Å². The Morgan fingerprint density at radius 2 is 2.18 bits per heavy atom. The van der Waals surface area contributed by atoms with Crippen LogP contribution in [-0.4, -0.2) is 15.3 Å². The maximum atomic E-state index is 8.90. The van der Waals surface area contributed by atoms with Crippen LogP contribution in [0.3, 0.4) is 0 Å². The number of rotatable bonds is 1. The van der Waals surface area contributed by atoms with E-state index in [-0.39, 0.29) is 6.61 Å². The summed E-state index contributed by atoms with van der Waals surface area (Å²) >= 11 is 0. The number of aliphatic hydroxyl groups is 1. The molecule has 1 aliphatic rings. The molecule has 1 aromatic heterocycles. The highest BCUT2D eigenvalue weighted by atomic mass is 16.3. The normalized spacial score (nSPS) is 16.5. The summed E-state index contributed by atoms with van der Waals surface area (Å²) < 4.78 is 0. The lowest BCUT2D eigenvalue weighted by molar-refractivity contribution is 0.275. The fourth-order valence-electron chi connectivity index (χ4n) is 1.68. The van der Waals surface area contributed by atoms with Crippen molar-refractivity contribution in [3.8, 4) is 0 Å². The van der Waals surface area contributed by atoms with Crippen molar-refractivity contribution in [1.82, 2.24) is 10.2 Å². The molecule has 0 amide bonds. The van der Waals surface area contributed by atoms with E-state index in [2.05, 4.69) is 10.2 Å². The van der Waals surface area contributed by atoms with Gasteiger partial charge in [-0.2, -0.15) is 5.10 Å². The van der Waals surface area contributed by atoms with Crippen LogP contribution in [0.5, 0.6) is 0 Å². The number of hydrogen-bond acceptors (Lipinski definition) is 2. The van der Waals surface area contributed by atoms with Gasteiger partial charge in [-0.3, -0.25) is 5.10 Å². The average molecular weight is 152 g/mol. The van der Waals surface area contributed by atoms with Gasteiger partial charge >= 0.3 is 0 Å². The van der Waals surface area contributed by atoms with Gasteiger partial charge in [-0.25, -0.2) is 0 Å². The Morgan fingerprint density at radius 3 is 3.00 bits per heavy atom. The summed E-state index contributed by atoms with van der Waals surface area (Å²) in [4.78, 5) is 0. The van der Waals surface area contributed by atoms with Crippen LogP contribution in [0.15, 0.2) is 0 Å². The molecule has 0 spiro atoms. The Morgan fingerprint density at radius 1 is 1.36 bits per heavy atom. The minimum atomic E-state index is 0.0752. The van der Waals surface area contributed by atoms with Crippen LogP contribution in [0.1, 0.15) is 29.8 Å². The zero-order valence-electron chi connectivity index (χ0n) is 6.43. The molecule has 0 saturated carbocycles. The lowest BCUT2D eigenvalue weighted by Crippen LogP contribution is -2.02. The van der Waals surface area contributed by atoms with Crippen LogP contribution in [0.2, 0.25) is 0 Å². The predicted molar refractivity (Wildman–Crippen MR) is 41.2 cm³/mol. The van der Waals surface area contributed by atoms with E-state index in [9.17, 15) is 0 Å². The fourth-order valence-corrected chi connectivity index (χ4v) is 1.68. The molecule has 2 rings (SSSR count). The number of H-pyrrole nitrogens is 1. The number of aryl methyl sites for hydroxylation is 1. The summed E-state index contributed by atoms with van der Waals surface area (Å²) in [5.41, 5.74) is 3.35. The second-order valence-corrected chi connectivity index (χ2v) is 2.99. The van der Waals surface area contributed by atoms with Crippen LogP contribution in [-0.2, 0) is 19.4 Å². The van der Waals surface area contributed by atoms with Crippen LogP contribution in [0, 0.1) is 0 Å². The van der Waals surface area contributed by atoms with Gasteiger partial charge in [0.2, 0.25) is 0 Å². The highest BCUT2D eigenvalue weighted by Gasteiger charge is 2.15. The topological polar surface area (TPSA) is 48.9 Å². The van der Waals surface area contributed by atoms with Gasteiger partial charge in [-0.05, 0) is 31.2 Å². The van der Waals surface area contributed by atoms with E-state index >= 15 is 0 Å². The van der Waals surface area contributed by atoms with Gasteiger partial charge in [0.15, 0.2) is 0 Å². The van der Waals surface area contributed by atoms with E-state index < -0.39 is 0 Å². The summed E-state index contributed by atoms with van der Waals surface area (Å²) in [6.45, 7) is 0.0752. The van der Waals surface area contributed by atoms with Crippen LogP contribution >= 0.6 is 0 Å². The maximum Gasteiger partial charge on any atom is 0.0911 e. The number of fused-ring (bicyclic) bond motifs is 1. The van der Waals surface area contributed by atoms with Crippen LogP contribution in [0.4, 0.5) is 0 Å². The molecule has 0 unspecified atom stereocenters. The van der Waals surface area contributed by atoms with Gasteiger partial charge in [0.25, 0.3) is 0 Å². The summed E-state index contributed by atoms with van der Waals surface area (Å²) in [5.74, 6) is 0. The number of aromatic amines is 1. The Labute approximate surface area is 65.4 Å². The number of aliphatic hydroxyl groups excluding tert-OH is 1. The van der Waals surface area contributed by atoms with Gasteiger partial charge < -0.3 is 5.11 Å². The number of nitrogens with one attached hydrogen (secondary N) is 1. The van der Waals surface area contributed by atoms with Crippen molar-refractivity contribution >= 4 is 0 Å². The summed E-state index contributed by atoms with van der Waals surface area (Å²) in [7, 11) is 0. The Kier molecular flexibility index (Phi) is 1.66. The van der Waals surface area contributed by atoms with Gasteiger partial charge in [-0.15, -0.1) is 0 Å². The highest BCUT2D eigenvalue weighted by molar-refractivity contribution is 5.26. The first kappa shape index (κ1) is 6.85. The van der Waals surface area contributed by atoms with Gasteiger partial charge in [0, 0.05) is 5.69 Å². The van der Waals surface area contributed by atoms with E-state index in [1.807, 2.05) is 0 Å². The third kappa shape index (κ3) is 1.05. The summed E-state index contributed by atoms with van der Waals surface area (Å²) in [6, 6.07) is 0. The molecule has 1 aliphatic carbocycles. The molecule has 3 nitrogen and oxygen atoms in total. The molecule has 0 fully saturated rings. The first-order valence-electron chi connectivity index (χ1n) is 4.07. The van der Waals surface area contributed by atoms with E-state index in [4.69, 9.17) is 5.11 Å². The Hall–Kier alpha value is -0.830. The molecule has 0 aromatic carbocycles. The third-order valence-corrected chi connectivity index (χ3v) is 2.29. The molecule has 0 aliphatic heterocycles. The van der Waals surface area contributed by atoms with Crippen LogP contribution < -0.4 is 0 Å². The molecule has 0 atom stereocenters. The standard InChI is InChI=1S/C8H12N2O/c11-5-8-6-3-1-2-4-7(6)9-10-8/h11H,1-5H2,(H,9,10). The second-order valence-electron chi connectivity index (χ2n) is 2.99. The van der Waals surface area contributed by atoms with E-state index in [1.54, 1.807) is 0 Å². The van der Waals surface area contributed by atoms with Gasteiger partial charge in [-0.1, -0.05) is 0 Å². The SMILES string of the molecule is OCc1n[nH]c2c1CCCC2. The highest BCUT2D eigenvalue weighted by Crippen LogP contribution is 2.21. The Bertz CT molecular complexity index is 241. The number of aromatic nitrogens is 2. The minimum absolute atomic E-state index is 0.0752. The minimum Gasteiger partial charge on any atom is -0.390 e. The summed E-state index contributed by atoms with van der Waals surface area (Å²) in [5, 5.41) is 15.9. The molecule has 3 heteroatoms. The predicted octanol–water partition coefficient (Wildman–Crippen LogP) is 0.781. The zero-order chi connectivity index (χ0) is 7.68. The maximum absolute atomic E-state index is 8.90. The molecular weight excluding hydrogens is 140 g/mol. The molecule has 1 heterocycles. The first-order valence-corrected chi connectivity index (χ1v) is 4.07. The molecule has 1 aromatic rings. The number of hydrogen-bond donors (Lipinski definition) is 2. The lowest BCUT2D eigenvalue weighted by atomic mass is 9.96. The largest absolute Gasteiger partial charge is 0.390 e. The monoisotopic (exact) mass is 152 g/mol. The molecule has 11 heavy (non-hydrogen) atoms. The quantitative estimate of drug-likeness (QED) is 0.624. The van der Waals surface area contributed by atoms with Crippen molar-refractivity contribution in [2.45, 2.75) is 32.3 Å². The molecule has 60 valence electrons. The third-order valence-electron chi connectivity index (χ3n) is 2.29. The molecular formula is C8H12N2O. The molecule has 0 radical (unpaired) electrons. The first-order chi connectivity index (χ1) is 5.42. The second kappa shape index (κ2) is 2.66.